The van der Waals surface area contributed by atoms with Gasteiger partial charge in [-0.1, -0.05) is 30.0 Å². The number of pyridine rings is 1. The summed E-state index contributed by atoms with van der Waals surface area (Å²) in [5, 5.41) is 0. The molecular weight excluding hydrogens is 420 g/mol. The number of carbonyl (C=O) groups excluding carboxylic acids is 1. The summed E-state index contributed by atoms with van der Waals surface area (Å²) in [6.45, 7) is 9.57. The van der Waals surface area contributed by atoms with Crippen LogP contribution in [-0.4, -0.2) is 56.4 Å². The lowest BCUT2D eigenvalue weighted by molar-refractivity contribution is -0.121. The van der Waals surface area contributed by atoms with Crippen LogP contribution in [0.2, 0.25) is 0 Å². The largest absolute Gasteiger partial charge is 0.372 e. The number of fused-ring (bicyclic) bond motifs is 1. The number of aryl methyl sites for hydroxylation is 1. The summed E-state index contributed by atoms with van der Waals surface area (Å²) in [5.41, 5.74) is 1.72. The third-order valence-electron chi connectivity index (χ3n) is 5.25. The molecule has 1 amide bonds. The van der Waals surface area contributed by atoms with Crippen LogP contribution in [0.5, 0.6) is 0 Å². The molecule has 2 saturated heterocycles. The third-order valence-corrected chi connectivity index (χ3v) is 6.63. The minimum atomic E-state index is -0.202. The van der Waals surface area contributed by atoms with E-state index in [-0.39, 0.29) is 23.7 Å². The molecule has 0 aromatic carbocycles. The number of hydrogen-bond donors (Lipinski definition) is 0. The molecule has 2 fully saturated rings. The Kier molecular flexibility index (Phi) is 5.69. The van der Waals surface area contributed by atoms with Gasteiger partial charge in [0.15, 0.2) is 0 Å². The zero-order valence-corrected chi connectivity index (χ0v) is 19.0. The highest BCUT2D eigenvalue weighted by Crippen LogP contribution is 2.33. The summed E-state index contributed by atoms with van der Waals surface area (Å²) in [6, 6.07) is 3.76. The van der Waals surface area contributed by atoms with E-state index in [4.69, 9.17) is 21.9 Å². The van der Waals surface area contributed by atoms with E-state index in [0.717, 1.165) is 5.56 Å². The van der Waals surface area contributed by atoms with Crippen LogP contribution < -0.4 is 10.5 Å². The predicted molar refractivity (Wildman–Crippen MR) is 124 cm³/mol. The first kappa shape index (κ1) is 21.0. The van der Waals surface area contributed by atoms with Gasteiger partial charge in [0, 0.05) is 25.8 Å². The van der Waals surface area contributed by atoms with E-state index in [2.05, 4.69) is 4.90 Å². The van der Waals surface area contributed by atoms with Crippen molar-refractivity contribution in [2.45, 2.75) is 39.9 Å². The number of carbonyl (C=O) groups is 1. The van der Waals surface area contributed by atoms with E-state index in [0.29, 0.717) is 45.9 Å². The lowest BCUT2D eigenvalue weighted by Gasteiger charge is -2.36. The number of rotatable bonds is 3. The van der Waals surface area contributed by atoms with E-state index in [9.17, 15) is 9.59 Å². The second-order valence-corrected chi connectivity index (χ2v) is 9.30. The molecule has 4 rings (SSSR count). The summed E-state index contributed by atoms with van der Waals surface area (Å²) in [6.07, 6.45) is 3.38. The predicted octanol–water partition coefficient (Wildman–Crippen LogP) is 2.84. The van der Waals surface area contributed by atoms with Crippen molar-refractivity contribution >= 4 is 51.7 Å². The highest BCUT2D eigenvalue weighted by molar-refractivity contribution is 8.26. The SMILES string of the molecule is CCN1C(=O)/C(=C\c2c(N3C[C@@H](C)O[C@@H](C)C3)nc3c(C)cccn3c2=O)SC1=S. The molecule has 0 aliphatic carbocycles. The van der Waals surface area contributed by atoms with Crippen LogP contribution in [0.4, 0.5) is 5.82 Å². The number of anilines is 1. The number of aromatic nitrogens is 2. The van der Waals surface area contributed by atoms with Crippen LogP contribution in [0.25, 0.3) is 11.7 Å². The highest BCUT2D eigenvalue weighted by Gasteiger charge is 2.32. The van der Waals surface area contributed by atoms with E-state index in [1.54, 1.807) is 21.6 Å². The number of nitrogens with zero attached hydrogens (tertiary/aromatic N) is 4. The smallest absolute Gasteiger partial charge is 0.267 e. The Labute approximate surface area is 184 Å². The summed E-state index contributed by atoms with van der Waals surface area (Å²) in [4.78, 5) is 35.2. The molecule has 0 spiro atoms. The fraction of sp³-hybridized carbons (Fsp3) is 0.429. The topological polar surface area (TPSA) is 67.2 Å². The maximum Gasteiger partial charge on any atom is 0.267 e. The molecule has 2 aliphatic rings. The second-order valence-electron chi connectivity index (χ2n) is 7.63. The normalized spacial score (nSPS) is 23.8. The molecule has 2 aliphatic heterocycles. The van der Waals surface area contributed by atoms with Gasteiger partial charge in [0.1, 0.15) is 15.8 Å². The van der Waals surface area contributed by atoms with Gasteiger partial charge >= 0.3 is 0 Å². The first-order valence-corrected chi connectivity index (χ1v) is 11.2. The van der Waals surface area contributed by atoms with Crippen LogP contribution in [0, 0.1) is 6.92 Å². The molecule has 2 aromatic heterocycles. The molecule has 0 unspecified atom stereocenters. The number of thiocarbonyl (C=S) groups is 1. The fourth-order valence-corrected chi connectivity index (χ4v) is 5.29. The standard InChI is InChI=1S/C21H24N4O3S2/c1-5-24-20(27)16(30-21(24)29)9-15-18(23-10-13(3)28-14(4)11-23)22-17-12(2)7-6-8-25(17)19(15)26/h6-9,13-14H,5,10-11H2,1-4H3/b16-9+/t13-,14+. The quantitative estimate of drug-likeness (QED) is 0.533. The van der Waals surface area contributed by atoms with E-state index in [1.165, 1.54) is 11.8 Å². The molecule has 4 heterocycles. The van der Waals surface area contributed by atoms with Crippen molar-refractivity contribution < 1.29 is 9.53 Å². The Balaban J connectivity index is 1.92. The molecule has 0 bridgehead atoms. The third kappa shape index (κ3) is 3.66. The van der Waals surface area contributed by atoms with Crippen molar-refractivity contribution in [1.29, 1.82) is 0 Å². The average molecular weight is 445 g/mol. The molecule has 0 radical (unpaired) electrons. The van der Waals surface area contributed by atoms with E-state index < -0.39 is 0 Å². The fourth-order valence-electron chi connectivity index (χ4n) is 3.92. The number of amides is 1. The van der Waals surface area contributed by atoms with Crippen LogP contribution in [0.3, 0.4) is 0 Å². The van der Waals surface area contributed by atoms with Crippen LogP contribution >= 0.6 is 24.0 Å². The Morgan fingerprint density at radius 2 is 2.00 bits per heavy atom. The zero-order chi connectivity index (χ0) is 21.6. The van der Waals surface area contributed by atoms with Crippen molar-refractivity contribution in [2.24, 2.45) is 0 Å². The van der Waals surface area contributed by atoms with Crippen LogP contribution in [0.15, 0.2) is 28.0 Å². The van der Waals surface area contributed by atoms with Gasteiger partial charge in [-0.2, -0.15) is 0 Å². The molecular formula is C21H24N4O3S2. The second kappa shape index (κ2) is 8.13. The monoisotopic (exact) mass is 444 g/mol. The van der Waals surface area contributed by atoms with Gasteiger partial charge in [-0.3, -0.25) is 18.9 Å². The molecule has 7 nitrogen and oxygen atoms in total. The molecule has 0 saturated carbocycles. The van der Waals surface area contributed by atoms with Crippen molar-refractivity contribution in [3.8, 4) is 0 Å². The van der Waals surface area contributed by atoms with Gasteiger partial charge in [0.25, 0.3) is 11.5 Å². The van der Waals surface area contributed by atoms with Gasteiger partial charge in [-0.05, 0) is 45.4 Å². The van der Waals surface area contributed by atoms with Crippen molar-refractivity contribution in [1.82, 2.24) is 14.3 Å². The first-order chi connectivity index (χ1) is 14.3. The van der Waals surface area contributed by atoms with Crippen molar-refractivity contribution in [3.63, 3.8) is 0 Å². The van der Waals surface area contributed by atoms with Crippen molar-refractivity contribution in [3.05, 3.63) is 44.7 Å². The molecule has 158 valence electrons. The van der Waals surface area contributed by atoms with Gasteiger partial charge in [0.2, 0.25) is 0 Å². The summed E-state index contributed by atoms with van der Waals surface area (Å²) >= 11 is 6.55. The maximum absolute atomic E-state index is 13.5. The lowest BCUT2D eigenvalue weighted by atomic mass is 10.1. The van der Waals surface area contributed by atoms with Gasteiger partial charge in [-0.15, -0.1) is 0 Å². The molecule has 2 aromatic rings. The maximum atomic E-state index is 13.5. The number of thioether (sulfide) groups is 1. The number of morpholine rings is 1. The van der Waals surface area contributed by atoms with Crippen LogP contribution in [-0.2, 0) is 9.53 Å². The Morgan fingerprint density at radius 1 is 1.30 bits per heavy atom. The number of ether oxygens (including phenoxy) is 1. The van der Waals surface area contributed by atoms with Crippen molar-refractivity contribution in [2.75, 3.05) is 24.5 Å². The summed E-state index contributed by atoms with van der Waals surface area (Å²) < 4.78 is 7.91. The Bertz CT molecular complexity index is 1120. The summed E-state index contributed by atoms with van der Waals surface area (Å²) in [5.74, 6) is 0.411. The molecule has 2 atom stereocenters. The minimum Gasteiger partial charge on any atom is -0.372 e. The van der Waals surface area contributed by atoms with Gasteiger partial charge in [-0.25, -0.2) is 4.98 Å². The minimum absolute atomic E-state index is 0.0111. The molecule has 30 heavy (non-hydrogen) atoms. The number of likely N-dealkylation sites (N-methyl/N-ethyl adjacent to an activating group) is 1. The van der Waals surface area contributed by atoms with E-state index in [1.807, 2.05) is 39.8 Å². The van der Waals surface area contributed by atoms with Gasteiger partial charge in [0.05, 0.1) is 22.7 Å². The Hall–Kier alpha value is -2.23. The first-order valence-electron chi connectivity index (χ1n) is 9.98. The zero-order valence-electron chi connectivity index (χ0n) is 17.4. The van der Waals surface area contributed by atoms with E-state index >= 15 is 0 Å². The highest BCUT2D eigenvalue weighted by atomic mass is 32.2. The van der Waals surface area contributed by atoms with Gasteiger partial charge < -0.3 is 9.64 Å². The summed E-state index contributed by atoms with van der Waals surface area (Å²) in [7, 11) is 0. The van der Waals surface area contributed by atoms with Crippen LogP contribution in [0.1, 0.15) is 31.9 Å². The Morgan fingerprint density at radius 3 is 2.63 bits per heavy atom. The average Bonchev–Trinajstić information content (AvgIpc) is 2.96. The molecule has 9 heteroatoms. The molecule has 0 N–H and O–H groups in total. The lowest BCUT2D eigenvalue weighted by Crippen LogP contribution is -2.46. The number of hydrogen-bond acceptors (Lipinski definition) is 7.